The molecular formula is C18H30N2. The maximum absolute atomic E-state index is 3.56. The van der Waals surface area contributed by atoms with E-state index in [2.05, 4.69) is 55.3 Å². The van der Waals surface area contributed by atoms with E-state index in [1.165, 1.54) is 43.4 Å². The van der Waals surface area contributed by atoms with E-state index in [-0.39, 0.29) is 0 Å². The van der Waals surface area contributed by atoms with Gasteiger partial charge in [-0.2, -0.15) is 0 Å². The zero-order valence-corrected chi connectivity index (χ0v) is 13.4. The third kappa shape index (κ3) is 3.99. The van der Waals surface area contributed by atoms with Crippen molar-refractivity contribution in [1.29, 1.82) is 0 Å². The van der Waals surface area contributed by atoms with Crippen LogP contribution in [0.4, 0.5) is 5.69 Å². The summed E-state index contributed by atoms with van der Waals surface area (Å²) in [6.45, 7) is 8.80. The van der Waals surface area contributed by atoms with Gasteiger partial charge in [-0.3, -0.25) is 0 Å². The van der Waals surface area contributed by atoms with Crippen molar-refractivity contribution in [3.63, 3.8) is 0 Å². The molecular weight excluding hydrogens is 244 g/mol. The highest BCUT2D eigenvalue weighted by molar-refractivity contribution is 5.54. The molecule has 1 aromatic carbocycles. The summed E-state index contributed by atoms with van der Waals surface area (Å²) < 4.78 is 0. The van der Waals surface area contributed by atoms with Crippen molar-refractivity contribution in [2.24, 2.45) is 0 Å². The van der Waals surface area contributed by atoms with Gasteiger partial charge in [0, 0.05) is 30.9 Å². The Kier molecular flexibility index (Phi) is 5.90. The Morgan fingerprint density at radius 2 is 1.85 bits per heavy atom. The maximum Gasteiger partial charge on any atom is 0.0414 e. The summed E-state index contributed by atoms with van der Waals surface area (Å²) in [6.07, 6.45) is 6.94. The summed E-state index contributed by atoms with van der Waals surface area (Å²) in [4.78, 5) is 2.64. The predicted octanol–water partition coefficient (Wildman–Crippen LogP) is 4.34. The molecule has 112 valence electrons. The minimum Gasteiger partial charge on any atom is -0.369 e. The lowest BCUT2D eigenvalue weighted by Crippen LogP contribution is -2.37. The molecule has 2 heteroatoms. The van der Waals surface area contributed by atoms with Crippen LogP contribution in [0.25, 0.3) is 0 Å². The number of benzene rings is 1. The molecule has 1 aliphatic rings. The van der Waals surface area contributed by atoms with E-state index < -0.39 is 0 Å². The zero-order valence-electron chi connectivity index (χ0n) is 13.4. The van der Waals surface area contributed by atoms with Crippen LogP contribution in [0.2, 0.25) is 0 Å². The van der Waals surface area contributed by atoms with Gasteiger partial charge in [0.2, 0.25) is 0 Å². The van der Waals surface area contributed by atoms with Crippen LogP contribution in [-0.4, -0.2) is 18.6 Å². The second-order valence-electron chi connectivity index (χ2n) is 6.24. The first-order valence-corrected chi connectivity index (χ1v) is 8.30. The first-order valence-electron chi connectivity index (χ1n) is 8.30. The quantitative estimate of drug-likeness (QED) is 0.830. The van der Waals surface area contributed by atoms with Gasteiger partial charge in [0.05, 0.1) is 0 Å². The van der Waals surface area contributed by atoms with Gasteiger partial charge in [-0.25, -0.2) is 0 Å². The summed E-state index contributed by atoms with van der Waals surface area (Å²) in [5.74, 6) is 0. The van der Waals surface area contributed by atoms with Crippen molar-refractivity contribution in [2.75, 3.05) is 11.4 Å². The molecule has 0 unspecified atom stereocenters. The molecule has 2 nitrogen and oxygen atoms in total. The first-order chi connectivity index (χ1) is 9.72. The van der Waals surface area contributed by atoms with Crippen molar-refractivity contribution in [1.82, 2.24) is 5.32 Å². The van der Waals surface area contributed by atoms with Gasteiger partial charge < -0.3 is 10.2 Å². The minimum atomic E-state index is 0.535. The molecule has 20 heavy (non-hydrogen) atoms. The third-order valence-electron chi connectivity index (χ3n) is 4.36. The van der Waals surface area contributed by atoms with Crippen molar-refractivity contribution in [2.45, 2.75) is 71.5 Å². The lowest BCUT2D eigenvalue weighted by molar-refractivity contribution is 0.417. The number of hydrogen-bond acceptors (Lipinski definition) is 2. The molecule has 1 aliphatic carbocycles. The Labute approximate surface area is 124 Å². The van der Waals surface area contributed by atoms with Gasteiger partial charge >= 0.3 is 0 Å². The Morgan fingerprint density at radius 1 is 1.15 bits per heavy atom. The molecule has 0 aromatic heterocycles. The zero-order chi connectivity index (χ0) is 14.4. The average molecular weight is 274 g/mol. The monoisotopic (exact) mass is 274 g/mol. The number of nitrogens with zero attached hydrogens (tertiary/aromatic N) is 1. The highest BCUT2D eigenvalue weighted by Crippen LogP contribution is 2.29. The molecule has 0 amide bonds. The molecule has 1 aromatic rings. The van der Waals surface area contributed by atoms with Gasteiger partial charge in [0.1, 0.15) is 0 Å². The van der Waals surface area contributed by atoms with Crippen LogP contribution < -0.4 is 10.2 Å². The van der Waals surface area contributed by atoms with Crippen LogP contribution in [-0.2, 0) is 6.54 Å². The van der Waals surface area contributed by atoms with Gasteiger partial charge in [0.15, 0.2) is 0 Å². The fourth-order valence-corrected chi connectivity index (χ4v) is 3.27. The fourth-order valence-electron chi connectivity index (χ4n) is 3.27. The largest absolute Gasteiger partial charge is 0.369 e. The smallest absolute Gasteiger partial charge is 0.0414 e. The van der Waals surface area contributed by atoms with Gasteiger partial charge in [-0.05, 0) is 31.4 Å². The summed E-state index contributed by atoms with van der Waals surface area (Å²) in [6, 6.07) is 10.2. The van der Waals surface area contributed by atoms with Crippen LogP contribution >= 0.6 is 0 Å². The van der Waals surface area contributed by atoms with E-state index in [0.29, 0.717) is 6.04 Å². The SMILES string of the molecule is CCN(c1ccccc1CNC(C)C)C1CCCCC1. The Morgan fingerprint density at radius 3 is 2.50 bits per heavy atom. The molecule has 0 bridgehead atoms. The standard InChI is InChI=1S/C18H30N2/c1-4-20(17-11-6-5-7-12-17)18-13-9-8-10-16(18)14-19-15(2)3/h8-10,13,15,17,19H,4-7,11-12,14H2,1-3H3. The van der Waals surface area contributed by atoms with Crippen LogP contribution in [0, 0.1) is 0 Å². The average Bonchev–Trinajstić information content (AvgIpc) is 2.48. The third-order valence-corrected chi connectivity index (χ3v) is 4.36. The van der Waals surface area contributed by atoms with Crippen molar-refractivity contribution < 1.29 is 0 Å². The molecule has 2 rings (SSSR count). The summed E-state index contributed by atoms with van der Waals surface area (Å²) >= 11 is 0. The predicted molar refractivity (Wildman–Crippen MR) is 88.3 cm³/mol. The number of nitrogens with one attached hydrogen (secondary N) is 1. The van der Waals surface area contributed by atoms with E-state index in [0.717, 1.165) is 19.1 Å². The van der Waals surface area contributed by atoms with Crippen LogP contribution in [0.1, 0.15) is 58.4 Å². The van der Waals surface area contributed by atoms with Crippen LogP contribution in [0.5, 0.6) is 0 Å². The molecule has 0 saturated heterocycles. The van der Waals surface area contributed by atoms with E-state index in [1.54, 1.807) is 0 Å². The normalized spacial score (nSPS) is 16.6. The first kappa shape index (κ1) is 15.4. The van der Waals surface area contributed by atoms with Crippen molar-refractivity contribution in [3.8, 4) is 0 Å². The number of rotatable bonds is 6. The Bertz CT molecular complexity index is 394. The van der Waals surface area contributed by atoms with E-state index >= 15 is 0 Å². The lowest BCUT2D eigenvalue weighted by Gasteiger charge is -2.36. The molecule has 0 atom stereocenters. The number of hydrogen-bond donors (Lipinski definition) is 1. The minimum absolute atomic E-state index is 0.535. The fraction of sp³-hybridized carbons (Fsp3) is 0.667. The maximum atomic E-state index is 3.56. The van der Waals surface area contributed by atoms with E-state index in [4.69, 9.17) is 0 Å². The van der Waals surface area contributed by atoms with Gasteiger partial charge in [-0.15, -0.1) is 0 Å². The highest BCUT2D eigenvalue weighted by Gasteiger charge is 2.21. The van der Waals surface area contributed by atoms with Gasteiger partial charge in [-0.1, -0.05) is 51.3 Å². The summed E-state index contributed by atoms with van der Waals surface area (Å²) in [7, 11) is 0. The van der Waals surface area contributed by atoms with Gasteiger partial charge in [0.25, 0.3) is 0 Å². The topological polar surface area (TPSA) is 15.3 Å². The Hall–Kier alpha value is -1.02. The number of para-hydroxylation sites is 1. The molecule has 1 N–H and O–H groups in total. The molecule has 1 saturated carbocycles. The van der Waals surface area contributed by atoms with Crippen molar-refractivity contribution >= 4 is 5.69 Å². The molecule has 0 heterocycles. The van der Waals surface area contributed by atoms with Crippen molar-refractivity contribution in [3.05, 3.63) is 29.8 Å². The van der Waals surface area contributed by atoms with E-state index in [9.17, 15) is 0 Å². The van der Waals surface area contributed by atoms with Crippen LogP contribution in [0.3, 0.4) is 0 Å². The van der Waals surface area contributed by atoms with E-state index in [1.807, 2.05) is 0 Å². The molecule has 0 aliphatic heterocycles. The number of anilines is 1. The molecule has 1 fully saturated rings. The molecule has 0 spiro atoms. The van der Waals surface area contributed by atoms with Crippen LogP contribution in [0.15, 0.2) is 24.3 Å². The summed E-state index contributed by atoms with van der Waals surface area (Å²) in [5.41, 5.74) is 2.88. The molecule has 0 radical (unpaired) electrons. The second-order valence-corrected chi connectivity index (χ2v) is 6.24. The summed E-state index contributed by atoms with van der Waals surface area (Å²) in [5, 5.41) is 3.56. The highest BCUT2D eigenvalue weighted by atomic mass is 15.2. The lowest BCUT2D eigenvalue weighted by atomic mass is 9.93. The second kappa shape index (κ2) is 7.68. The Balaban J connectivity index is 2.15.